The minimum absolute atomic E-state index is 0.292. The fourth-order valence-electron chi connectivity index (χ4n) is 0.574. The normalized spacial score (nSPS) is 23.6. The lowest BCUT2D eigenvalue weighted by Gasteiger charge is -2.19. The average Bonchev–Trinajstić information content (AvgIpc) is 1.78. The number of quaternary nitrogens is 1. The number of hydrogen-bond donors (Lipinski definition) is 3. The Hall–Kier alpha value is -0.0600. The van der Waals surface area contributed by atoms with Gasteiger partial charge in [-0.1, -0.05) is 0 Å². The van der Waals surface area contributed by atoms with E-state index < -0.39 is 0 Å². The predicted molar refractivity (Wildman–Crippen MR) is 44.5 cm³/mol. The molecule has 1 heterocycles. The van der Waals surface area contributed by atoms with Crippen molar-refractivity contribution in [2.75, 3.05) is 6.54 Å². The van der Waals surface area contributed by atoms with E-state index in [1.807, 2.05) is 12.3 Å². The zero-order valence-electron chi connectivity index (χ0n) is 4.86. The number of thiol groups is 2. The van der Waals surface area contributed by atoms with Crippen LogP contribution in [-0.2, 0) is 0 Å². The van der Waals surface area contributed by atoms with Crippen LogP contribution in [0.4, 0.5) is 0 Å². The van der Waals surface area contributed by atoms with Crippen LogP contribution < -0.4 is 5.73 Å². The molecule has 2 N–H and O–H groups in total. The van der Waals surface area contributed by atoms with E-state index in [9.17, 15) is 0 Å². The Morgan fingerprint density at radius 3 is 2.56 bits per heavy atom. The molecule has 0 amide bonds. The van der Waals surface area contributed by atoms with Gasteiger partial charge < -0.3 is 5.73 Å². The van der Waals surface area contributed by atoms with Gasteiger partial charge >= 0.3 is 0 Å². The highest BCUT2D eigenvalue weighted by molar-refractivity contribution is 7.87. The van der Waals surface area contributed by atoms with Gasteiger partial charge in [0.1, 0.15) is 12.7 Å². The van der Waals surface area contributed by atoms with E-state index in [2.05, 4.69) is 25.6 Å². The zero-order valence-corrected chi connectivity index (χ0v) is 6.65. The summed E-state index contributed by atoms with van der Waals surface area (Å²) in [6.07, 6.45) is 5.51. The van der Waals surface area contributed by atoms with E-state index in [0.717, 1.165) is 12.2 Å². The Labute approximate surface area is 65.7 Å². The number of allylic oxidation sites excluding steroid dienone is 1. The van der Waals surface area contributed by atoms with Gasteiger partial charge in [0, 0.05) is 11.8 Å². The van der Waals surface area contributed by atoms with E-state index >= 15 is 0 Å². The monoisotopic (exact) mass is 161 g/mol. The summed E-state index contributed by atoms with van der Waals surface area (Å²) in [7, 11) is 0. The maximum absolute atomic E-state index is 5.45. The van der Waals surface area contributed by atoms with Crippen molar-refractivity contribution >= 4 is 25.6 Å². The third kappa shape index (κ3) is 1.97. The molecule has 1 aliphatic heterocycles. The van der Waals surface area contributed by atoms with Gasteiger partial charge in [0.15, 0.2) is 0 Å². The zero-order chi connectivity index (χ0) is 6.91. The Kier molecular flexibility index (Phi) is 1.79. The number of rotatable bonds is 0. The van der Waals surface area contributed by atoms with Crippen molar-refractivity contribution in [2.45, 2.75) is 0 Å². The Bertz CT molecular complexity index is 172. The van der Waals surface area contributed by atoms with E-state index in [4.69, 9.17) is 5.73 Å². The van der Waals surface area contributed by atoms with Crippen molar-refractivity contribution in [2.24, 2.45) is 5.73 Å². The molecule has 9 heavy (non-hydrogen) atoms. The smallest absolute Gasteiger partial charge is 0.125 e. The topological polar surface area (TPSA) is 26.0 Å². The van der Waals surface area contributed by atoms with Gasteiger partial charge in [0.05, 0.1) is 25.6 Å². The number of nitrogens with two attached hydrogens (primary N) is 1. The van der Waals surface area contributed by atoms with Gasteiger partial charge in [-0.15, -0.1) is 0 Å². The van der Waals surface area contributed by atoms with Crippen molar-refractivity contribution in [3.63, 3.8) is 0 Å². The van der Waals surface area contributed by atoms with Crippen LogP contribution in [0.5, 0.6) is 0 Å². The van der Waals surface area contributed by atoms with E-state index in [0.29, 0.717) is 3.29 Å². The van der Waals surface area contributed by atoms with Gasteiger partial charge in [0.25, 0.3) is 0 Å². The molecule has 0 spiro atoms. The Morgan fingerprint density at radius 2 is 2.22 bits per heavy atom. The third-order valence-corrected chi connectivity index (χ3v) is 1.69. The first kappa shape index (κ1) is 7.05. The predicted octanol–water partition coefficient (Wildman–Crippen LogP) is 0.863. The standard InChI is InChI=1S/C5H9N2S2/c6-5-1-3-7(8,9)4-2-5/h1-3,8-9H,4,6H2/q+1. The van der Waals surface area contributed by atoms with Crippen molar-refractivity contribution < 1.29 is 3.29 Å². The number of hydrogen-bond acceptors (Lipinski definition) is 3. The van der Waals surface area contributed by atoms with Crippen LogP contribution in [0.1, 0.15) is 0 Å². The van der Waals surface area contributed by atoms with Gasteiger partial charge in [-0.3, -0.25) is 0 Å². The lowest BCUT2D eigenvalue weighted by atomic mass is 10.3. The van der Waals surface area contributed by atoms with Crippen LogP contribution in [0.25, 0.3) is 0 Å². The molecule has 0 aromatic carbocycles. The first-order valence-electron chi connectivity index (χ1n) is 2.58. The minimum Gasteiger partial charge on any atom is -0.399 e. The van der Waals surface area contributed by atoms with Crippen LogP contribution in [0.15, 0.2) is 24.0 Å². The molecular weight excluding hydrogens is 152 g/mol. The minimum atomic E-state index is 0.292. The highest BCUT2D eigenvalue weighted by Gasteiger charge is 2.16. The summed E-state index contributed by atoms with van der Waals surface area (Å²) in [6.45, 7) is 0.731. The molecule has 0 aliphatic carbocycles. The van der Waals surface area contributed by atoms with Gasteiger partial charge in [-0.05, 0) is 6.08 Å². The van der Waals surface area contributed by atoms with E-state index in [1.54, 1.807) is 6.08 Å². The summed E-state index contributed by atoms with van der Waals surface area (Å²) >= 11 is 8.35. The second kappa shape index (κ2) is 2.28. The molecule has 0 bridgehead atoms. The highest BCUT2D eigenvalue weighted by Crippen LogP contribution is 2.20. The third-order valence-electron chi connectivity index (χ3n) is 1.10. The van der Waals surface area contributed by atoms with Crippen molar-refractivity contribution in [1.29, 1.82) is 0 Å². The molecule has 50 valence electrons. The van der Waals surface area contributed by atoms with Crippen LogP contribution in [-0.4, -0.2) is 9.84 Å². The largest absolute Gasteiger partial charge is 0.399 e. The fourth-order valence-corrected chi connectivity index (χ4v) is 0.871. The highest BCUT2D eigenvalue weighted by atomic mass is 32.2. The van der Waals surface area contributed by atoms with Gasteiger partial charge in [-0.2, -0.15) is 3.29 Å². The molecule has 0 saturated heterocycles. The fraction of sp³-hybridized carbons (Fsp3) is 0.200. The maximum atomic E-state index is 5.45. The summed E-state index contributed by atoms with van der Waals surface area (Å²) in [5.74, 6) is 0. The lowest BCUT2D eigenvalue weighted by Crippen LogP contribution is -2.23. The summed E-state index contributed by atoms with van der Waals surface area (Å²) < 4.78 is 0.292. The Morgan fingerprint density at radius 1 is 1.56 bits per heavy atom. The summed E-state index contributed by atoms with van der Waals surface area (Å²) in [5.41, 5.74) is 6.24. The van der Waals surface area contributed by atoms with Crippen molar-refractivity contribution in [3.05, 3.63) is 24.0 Å². The SMILES string of the molecule is NC1=CC[N+](S)(S)C=C1. The van der Waals surface area contributed by atoms with Crippen molar-refractivity contribution in [3.8, 4) is 0 Å². The van der Waals surface area contributed by atoms with Crippen LogP contribution in [0.2, 0.25) is 0 Å². The van der Waals surface area contributed by atoms with Crippen LogP contribution in [0.3, 0.4) is 0 Å². The molecule has 4 heteroatoms. The quantitative estimate of drug-likeness (QED) is 0.356. The first-order valence-corrected chi connectivity index (χ1v) is 3.38. The first-order chi connectivity index (χ1) is 4.10. The molecular formula is C5H9N2S2+. The number of nitrogens with zero attached hydrogens (tertiary/aromatic N) is 1. The molecule has 2 nitrogen and oxygen atoms in total. The van der Waals surface area contributed by atoms with E-state index in [-0.39, 0.29) is 0 Å². The second-order valence-corrected chi connectivity index (χ2v) is 3.73. The summed E-state index contributed by atoms with van der Waals surface area (Å²) in [4.78, 5) is 0. The Balaban J connectivity index is 2.70. The second-order valence-electron chi connectivity index (χ2n) is 1.99. The average molecular weight is 161 g/mol. The summed E-state index contributed by atoms with van der Waals surface area (Å²) in [6, 6.07) is 0. The molecule has 0 radical (unpaired) electrons. The molecule has 0 saturated carbocycles. The molecule has 0 fully saturated rings. The molecule has 0 atom stereocenters. The van der Waals surface area contributed by atoms with Crippen LogP contribution >= 0.6 is 25.6 Å². The molecule has 1 rings (SSSR count). The molecule has 0 unspecified atom stereocenters. The molecule has 1 aliphatic rings. The van der Waals surface area contributed by atoms with Crippen molar-refractivity contribution in [1.82, 2.24) is 0 Å². The molecule has 0 aromatic heterocycles. The maximum Gasteiger partial charge on any atom is 0.125 e. The van der Waals surface area contributed by atoms with Crippen LogP contribution in [0, 0.1) is 0 Å². The molecule has 0 aromatic rings. The van der Waals surface area contributed by atoms with Gasteiger partial charge in [-0.25, -0.2) is 0 Å². The lowest BCUT2D eigenvalue weighted by molar-refractivity contribution is -0.565. The van der Waals surface area contributed by atoms with E-state index in [1.165, 1.54) is 0 Å². The van der Waals surface area contributed by atoms with Gasteiger partial charge in [0.2, 0.25) is 0 Å². The summed E-state index contributed by atoms with van der Waals surface area (Å²) in [5, 5.41) is 0.